The summed E-state index contributed by atoms with van der Waals surface area (Å²) in [7, 11) is 0. The molecule has 33 heavy (non-hydrogen) atoms. The van der Waals surface area contributed by atoms with Gasteiger partial charge in [-0.2, -0.15) is 5.10 Å². The number of carbonyl (C=O) groups excluding carboxylic acids is 2. The molecule has 1 aliphatic heterocycles. The fraction of sp³-hybridized carbons (Fsp3) is 0.478. The van der Waals surface area contributed by atoms with Crippen molar-refractivity contribution in [2.75, 3.05) is 31.6 Å². The van der Waals surface area contributed by atoms with Gasteiger partial charge in [0.15, 0.2) is 0 Å². The number of nitrogens with zero attached hydrogens (tertiary/aromatic N) is 5. The summed E-state index contributed by atoms with van der Waals surface area (Å²) in [5.41, 5.74) is 9.79. The van der Waals surface area contributed by atoms with Gasteiger partial charge in [0.2, 0.25) is 11.9 Å². The monoisotopic (exact) mass is 453 g/mol. The average molecular weight is 454 g/mol. The molecule has 2 aromatic heterocycles. The lowest BCUT2D eigenvalue weighted by Crippen LogP contribution is -2.35. The smallest absolute Gasteiger partial charge is 0.276 e. The Balaban J connectivity index is 1.77. The van der Waals surface area contributed by atoms with Crippen molar-refractivity contribution < 1.29 is 14.3 Å². The summed E-state index contributed by atoms with van der Waals surface area (Å²) in [5, 5.41) is 7.34. The number of primary amides is 1. The molecule has 10 nitrogen and oxygen atoms in total. The Morgan fingerprint density at radius 2 is 1.94 bits per heavy atom. The molecular formula is C23H31N7O3. The fourth-order valence-corrected chi connectivity index (χ4v) is 4.29. The van der Waals surface area contributed by atoms with Crippen molar-refractivity contribution in [2.24, 2.45) is 5.73 Å². The predicted molar refractivity (Wildman–Crippen MR) is 125 cm³/mol. The zero-order chi connectivity index (χ0) is 23.5. The lowest BCUT2D eigenvalue weighted by Gasteiger charge is -2.27. The maximum atomic E-state index is 13.1. The number of benzene rings is 1. The molecule has 3 N–H and O–H groups in total. The number of amides is 2. The summed E-state index contributed by atoms with van der Waals surface area (Å²) in [6, 6.07) is 5.30. The van der Waals surface area contributed by atoms with Gasteiger partial charge in [0.25, 0.3) is 5.91 Å². The normalized spacial score (nSPS) is 14.6. The third-order valence-corrected chi connectivity index (χ3v) is 5.81. The lowest BCUT2D eigenvalue weighted by molar-refractivity contribution is 0.0343. The van der Waals surface area contributed by atoms with Gasteiger partial charge in [-0.1, -0.05) is 6.92 Å². The van der Waals surface area contributed by atoms with Crippen molar-refractivity contribution in [1.29, 1.82) is 0 Å². The molecule has 0 spiro atoms. The molecule has 0 atom stereocenters. The van der Waals surface area contributed by atoms with Crippen LogP contribution >= 0.6 is 0 Å². The van der Waals surface area contributed by atoms with Crippen molar-refractivity contribution in [3.63, 3.8) is 0 Å². The van der Waals surface area contributed by atoms with E-state index < -0.39 is 5.91 Å². The SMILES string of the molecule is CCCn1c(NC(=O)c2cc(C)nn2CC)nc2cc(C(N)=O)cc(CN3CCOCC3)c21. The Hall–Kier alpha value is -3.24. The molecule has 3 heterocycles. The molecule has 0 saturated carbocycles. The average Bonchev–Trinajstić information content (AvgIpc) is 3.34. The second-order valence-corrected chi connectivity index (χ2v) is 8.28. The molecule has 176 valence electrons. The fourth-order valence-electron chi connectivity index (χ4n) is 4.29. The number of imidazole rings is 1. The van der Waals surface area contributed by atoms with E-state index in [0.29, 0.717) is 55.6 Å². The number of hydrogen-bond donors (Lipinski definition) is 2. The van der Waals surface area contributed by atoms with Crippen LogP contribution in [0, 0.1) is 6.92 Å². The summed E-state index contributed by atoms with van der Waals surface area (Å²) in [6.45, 7) is 10.8. The van der Waals surface area contributed by atoms with Crippen LogP contribution in [-0.2, 0) is 24.4 Å². The van der Waals surface area contributed by atoms with Crippen LogP contribution in [0.15, 0.2) is 18.2 Å². The van der Waals surface area contributed by atoms with Crippen LogP contribution in [-0.4, -0.2) is 62.3 Å². The summed E-state index contributed by atoms with van der Waals surface area (Å²) in [4.78, 5) is 32.1. The zero-order valence-corrected chi connectivity index (χ0v) is 19.4. The first kappa shape index (κ1) is 22.9. The van der Waals surface area contributed by atoms with Crippen LogP contribution in [0.5, 0.6) is 0 Å². The highest BCUT2D eigenvalue weighted by Gasteiger charge is 2.22. The molecular weight excluding hydrogens is 422 g/mol. The van der Waals surface area contributed by atoms with Crippen LogP contribution in [0.4, 0.5) is 5.95 Å². The topological polar surface area (TPSA) is 120 Å². The molecule has 10 heteroatoms. The summed E-state index contributed by atoms with van der Waals surface area (Å²) >= 11 is 0. The molecule has 4 rings (SSSR count). The lowest BCUT2D eigenvalue weighted by atomic mass is 10.1. The largest absolute Gasteiger partial charge is 0.379 e. The van der Waals surface area contributed by atoms with E-state index in [4.69, 9.17) is 15.5 Å². The first-order chi connectivity index (χ1) is 15.9. The number of aromatic nitrogens is 4. The van der Waals surface area contributed by atoms with E-state index in [1.54, 1.807) is 16.8 Å². The molecule has 2 amide bonds. The van der Waals surface area contributed by atoms with Crippen molar-refractivity contribution in [1.82, 2.24) is 24.2 Å². The highest BCUT2D eigenvalue weighted by Crippen LogP contribution is 2.27. The van der Waals surface area contributed by atoms with Crippen molar-refractivity contribution in [2.45, 2.75) is 46.8 Å². The number of carbonyl (C=O) groups is 2. The van der Waals surface area contributed by atoms with Crippen LogP contribution in [0.1, 0.15) is 52.4 Å². The number of ether oxygens (including phenoxy) is 1. The minimum atomic E-state index is -0.502. The Labute approximate surface area is 192 Å². The van der Waals surface area contributed by atoms with Crippen LogP contribution < -0.4 is 11.1 Å². The minimum Gasteiger partial charge on any atom is -0.379 e. The van der Waals surface area contributed by atoms with Crippen molar-refractivity contribution in [3.8, 4) is 0 Å². The Bertz CT molecular complexity index is 1170. The molecule has 1 aliphatic rings. The standard InChI is InChI=1S/C23H31N7O3/c1-4-6-29-20-17(14-28-7-9-33-10-8-28)12-16(21(24)31)13-18(20)25-23(29)26-22(32)19-11-15(3)27-30(19)5-2/h11-13H,4-10,14H2,1-3H3,(H2,24,31)(H,25,26,32). The predicted octanol–water partition coefficient (Wildman–Crippen LogP) is 2.15. The number of fused-ring (bicyclic) bond motifs is 1. The quantitative estimate of drug-likeness (QED) is 0.539. The van der Waals surface area contributed by atoms with Gasteiger partial charge in [0, 0.05) is 38.3 Å². The summed E-state index contributed by atoms with van der Waals surface area (Å²) in [5.74, 6) is -0.323. The summed E-state index contributed by atoms with van der Waals surface area (Å²) in [6.07, 6.45) is 0.856. The second kappa shape index (κ2) is 9.72. The Morgan fingerprint density at radius 1 is 1.18 bits per heavy atom. The van der Waals surface area contributed by atoms with Crippen molar-refractivity contribution >= 4 is 28.8 Å². The number of nitrogens with one attached hydrogen (secondary N) is 1. The molecule has 0 radical (unpaired) electrons. The number of nitrogens with two attached hydrogens (primary N) is 1. The van der Waals surface area contributed by atoms with E-state index in [9.17, 15) is 9.59 Å². The minimum absolute atomic E-state index is 0.269. The van der Waals surface area contributed by atoms with E-state index in [1.165, 1.54) is 0 Å². The van der Waals surface area contributed by atoms with Gasteiger partial charge in [-0.3, -0.25) is 24.5 Å². The Kier molecular flexibility index (Phi) is 6.75. The van der Waals surface area contributed by atoms with E-state index in [-0.39, 0.29) is 5.91 Å². The van der Waals surface area contributed by atoms with Gasteiger partial charge in [0.05, 0.1) is 29.9 Å². The number of hydrogen-bond acceptors (Lipinski definition) is 6. The maximum absolute atomic E-state index is 13.1. The first-order valence-corrected chi connectivity index (χ1v) is 11.4. The highest BCUT2D eigenvalue weighted by molar-refractivity contribution is 6.03. The van der Waals surface area contributed by atoms with E-state index in [0.717, 1.165) is 36.3 Å². The number of morpholine rings is 1. The maximum Gasteiger partial charge on any atom is 0.276 e. The second-order valence-electron chi connectivity index (χ2n) is 8.28. The highest BCUT2D eigenvalue weighted by atomic mass is 16.5. The van der Waals surface area contributed by atoms with E-state index >= 15 is 0 Å². The first-order valence-electron chi connectivity index (χ1n) is 11.4. The number of anilines is 1. The van der Waals surface area contributed by atoms with Gasteiger partial charge in [-0.05, 0) is 44.0 Å². The van der Waals surface area contributed by atoms with Gasteiger partial charge in [-0.25, -0.2) is 4.98 Å². The van der Waals surface area contributed by atoms with E-state index in [2.05, 4.69) is 22.2 Å². The molecule has 0 aliphatic carbocycles. The van der Waals surface area contributed by atoms with Gasteiger partial charge < -0.3 is 15.0 Å². The zero-order valence-electron chi connectivity index (χ0n) is 19.4. The molecule has 0 bridgehead atoms. The Morgan fingerprint density at radius 3 is 2.61 bits per heavy atom. The van der Waals surface area contributed by atoms with Crippen LogP contribution in [0.3, 0.4) is 0 Å². The molecule has 1 fully saturated rings. The summed E-state index contributed by atoms with van der Waals surface area (Å²) < 4.78 is 9.17. The van der Waals surface area contributed by atoms with Crippen molar-refractivity contribution in [3.05, 3.63) is 40.7 Å². The van der Waals surface area contributed by atoms with Gasteiger partial charge in [0.1, 0.15) is 5.69 Å². The van der Waals surface area contributed by atoms with Gasteiger partial charge in [-0.15, -0.1) is 0 Å². The molecule has 1 saturated heterocycles. The number of rotatable bonds is 8. The third kappa shape index (κ3) is 4.76. The molecule has 1 aromatic carbocycles. The molecule has 0 unspecified atom stereocenters. The van der Waals surface area contributed by atoms with Crippen LogP contribution in [0.2, 0.25) is 0 Å². The number of aryl methyl sites for hydroxylation is 3. The molecule has 3 aromatic rings. The van der Waals surface area contributed by atoms with E-state index in [1.807, 2.05) is 24.5 Å². The van der Waals surface area contributed by atoms with Crippen LogP contribution in [0.25, 0.3) is 11.0 Å². The third-order valence-electron chi connectivity index (χ3n) is 5.81. The van der Waals surface area contributed by atoms with Gasteiger partial charge >= 0.3 is 0 Å².